The molecule has 98 valence electrons. The minimum Gasteiger partial charge on any atom is -0.335 e. The summed E-state index contributed by atoms with van der Waals surface area (Å²) in [6.07, 6.45) is 0.983. The normalized spacial score (nSPS) is 18.9. The van der Waals surface area contributed by atoms with Gasteiger partial charge >= 0.3 is 0 Å². The number of carbonyl (C=O) groups is 1. The van der Waals surface area contributed by atoms with E-state index in [-0.39, 0.29) is 17.8 Å². The first-order valence-corrected chi connectivity index (χ1v) is 7.18. The first-order valence-electron chi connectivity index (χ1n) is 6.10. The minimum absolute atomic E-state index is 0.00407. The highest BCUT2D eigenvalue weighted by atomic mass is 127. The lowest BCUT2D eigenvalue weighted by Gasteiger charge is -2.27. The molecular formula is C13H16FIN2O. The zero-order chi connectivity index (χ0) is 13.1. The summed E-state index contributed by atoms with van der Waals surface area (Å²) in [7, 11) is 0. The number of nitrogens with one attached hydrogen (secondary N) is 1. The Morgan fingerprint density at radius 3 is 2.94 bits per heavy atom. The van der Waals surface area contributed by atoms with Crippen LogP contribution in [0.15, 0.2) is 18.2 Å². The topological polar surface area (TPSA) is 32.3 Å². The van der Waals surface area contributed by atoms with E-state index >= 15 is 0 Å². The van der Waals surface area contributed by atoms with Crippen LogP contribution >= 0.6 is 22.6 Å². The third-order valence-electron chi connectivity index (χ3n) is 3.24. The largest absolute Gasteiger partial charge is 0.335 e. The molecule has 1 atom stereocenters. The number of amides is 1. The molecule has 1 amide bonds. The van der Waals surface area contributed by atoms with Gasteiger partial charge in [0.05, 0.1) is 5.56 Å². The Bertz CT molecular complexity index is 447. The van der Waals surface area contributed by atoms with Crippen molar-refractivity contribution in [1.82, 2.24) is 10.2 Å². The number of nitrogens with zero attached hydrogens (tertiary/aromatic N) is 1. The molecule has 1 N–H and O–H groups in total. The molecule has 0 saturated carbocycles. The van der Waals surface area contributed by atoms with Gasteiger partial charge < -0.3 is 10.2 Å². The van der Waals surface area contributed by atoms with Crippen molar-refractivity contribution in [2.75, 3.05) is 19.6 Å². The SMILES string of the molecule is CCN(C(=O)c1ccc(F)cc1I)C1CCNC1. The van der Waals surface area contributed by atoms with Gasteiger partial charge in [0.15, 0.2) is 0 Å². The van der Waals surface area contributed by atoms with Crippen LogP contribution in [-0.2, 0) is 0 Å². The van der Waals surface area contributed by atoms with Crippen molar-refractivity contribution in [3.63, 3.8) is 0 Å². The van der Waals surface area contributed by atoms with E-state index in [1.165, 1.54) is 12.1 Å². The van der Waals surface area contributed by atoms with Crippen LogP contribution in [0.2, 0.25) is 0 Å². The third-order valence-corrected chi connectivity index (χ3v) is 4.13. The Morgan fingerprint density at radius 2 is 2.39 bits per heavy atom. The molecule has 18 heavy (non-hydrogen) atoms. The quantitative estimate of drug-likeness (QED) is 0.837. The van der Waals surface area contributed by atoms with Gasteiger partial charge in [0.25, 0.3) is 5.91 Å². The van der Waals surface area contributed by atoms with Crippen LogP contribution in [0.4, 0.5) is 4.39 Å². The molecule has 0 aliphatic carbocycles. The summed E-state index contributed by atoms with van der Waals surface area (Å²) in [4.78, 5) is 14.3. The average molecular weight is 362 g/mol. The summed E-state index contributed by atoms with van der Waals surface area (Å²) in [5, 5.41) is 3.26. The second-order valence-corrected chi connectivity index (χ2v) is 5.52. The van der Waals surface area contributed by atoms with Gasteiger partial charge in [-0.25, -0.2) is 4.39 Å². The molecule has 1 fully saturated rings. The van der Waals surface area contributed by atoms with Crippen LogP contribution < -0.4 is 5.32 Å². The maximum Gasteiger partial charge on any atom is 0.255 e. The van der Waals surface area contributed by atoms with E-state index < -0.39 is 0 Å². The van der Waals surface area contributed by atoms with Crippen LogP contribution in [0.1, 0.15) is 23.7 Å². The van der Waals surface area contributed by atoms with Crippen molar-refractivity contribution >= 4 is 28.5 Å². The third kappa shape index (κ3) is 2.83. The molecule has 1 aromatic rings. The summed E-state index contributed by atoms with van der Waals surface area (Å²) in [6, 6.07) is 4.57. The predicted molar refractivity (Wildman–Crippen MR) is 77.1 cm³/mol. The zero-order valence-electron chi connectivity index (χ0n) is 10.2. The monoisotopic (exact) mass is 362 g/mol. The van der Waals surface area contributed by atoms with Crippen molar-refractivity contribution < 1.29 is 9.18 Å². The van der Waals surface area contributed by atoms with Gasteiger partial charge in [-0.15, -0.1) is 0 Å². The fraction of sp³-hybridized carbons (Fsp3) is 0.462. The lowest BCUT2D eigenvalue weighted by atomic mass is 10.1. The highest BCUT2D eigenvalue weighted by molar-refractivity contribution is 14.1. The molecule has 0 aromatic heterocycles. The van der Waals surface area contributed by atoms with Crippen molar-refractivity contribution in [2.45, 2.75) is 19.4 Å². The Kier molecular flexibility index (Phi) is 4.55. The molecule has 0 bridgehead atoms. The molecule has 1 aliphatic heterocycles. The van der Waals surface area contributed by atoms with Gasteiger partial charge in [-0.3, -0.25) is 4.79 Å². The fourth-order valence-corrected chi connectivity index (χ4v) is 3.00. The maximum atomic E-state index is 13.1. The van der Waals surface area contributed by atoms with Gasteiger partial charge in [0, 0.05) is 22.7 Å². The summed E-state index contributed by atoms with van der Waals surface area (Å²) in [6.45, 7) is 4.46. The van der Waals surface area contributed by atoms with E-state index in [4.69, 9.17) is 0 Å². The molecule has 3 nitrogen and oxygen atoms in total. The minimum atomic E-state index is -0.304. The Morgan fingerprint density at radius 1 is 1.61 bits per heavy atom. The molecule has 2 rings (SSSR count). The first kappa shape index (κ1) is 13.7. The molecule has 1 unspecified atom stereocenters. The first-order chi connectivity index (χ1) is 8.63. The van der Waals surface area contributed by atoms with E-state index in [0.717, 1.165) is 19.5 Å². The molecule has 0 radical (unpaired) electrons. The van der Waals surface area contributed by atoms with E-state index in [1.54, 1.807) is 6.07 Å². The smallest absolute Gasteiger partial charge is 0.255 e. The second-order valence-electron chi connectivity index (χ2n) is 4.36. The van der Waals surface area contributed by atoms with Gasteiger partial charge in [-0.1, -0.05) is 0 Å². The number of halogens is 2. The van der Waals surface area contributed by atoms with Crippen molar-refractivity contribution in [2.24, 2.45) is 0 Å². The summed E-state index contributed by atoms with van der Waals surface area (Å²) in [5.41, 5.74) is 0.589. The van der Waals surface area contributed by atoms with Crippen LogP contribution in [0.25, 0.3) is 0 Å². The lowest BCUT2D eigenvalue weighted by Crippen LogP contribution is -2.41. The van der Waals surface area contributed by atoms with Gasteiger partial charge in [0.2, 0.25) is 0 Å². The number of hydrogen-bond acceptors (Lipinski definition) is 2. The van der Waals surface area contributed by atoms with Gasteiger partial charge in [0.1, 0.15) is 5.82 Å². The molecule has 5 heteroatoms. The number of rotatable bonds is 3. The number of carbonyl (C=O) groups excluding carboxylic acids is 1. The van der Waals surface area contributed by atoms with Crippen LogP contribution in [0.3, 0.4) is 0 Å². The van der Waals surface area contributed by atoms with Gasteiger partial charge in [-0.2, -0.15) is 0 Å². The van der Waals surface area contributed by atoms with E-state index in [0.29, 0.717) is 15.7 Å². The predicted octanol–water partition coefficient (Wildman–Crippen LogP) is 2.25. The van der Waals surface area contributed by atoms with Crippen molar-refractivity contribution in [1.29, 1.82) is 0 Å². The summed E-state index contributed by atoms with van der Waals surface area (Å²) < 4.78 is 13.7. The molecule has 1 aliphatic rings. The van der Waals surface area contributed by atoms with Crippen LogP contribution in [-0.4, -0.2) is 36.5 Å². The Hall–Kier alpha value is -0.690. The van der Waals surface area contributed by atoms with E-state index in [1.807, 2.05) is 34.4 Å². The highest BCUT2D eigenvalue weighted by Gasteiger charge is 2.26. The molecular weight excluding hydrogens is 346 g/mol. The van der Waals surface area contributed by atoms with E-state index in [9.17, 15) is 9.18 Å². The van der Waals surface area contributed by atoms with Crippen molar-refractivity contribution in [3.8, 4) is 0 Å². The summed E-state index contributed by atoms with van der Waals surface area (Å²) in [5.74, 6) is -0.308. The number of likely N-dealkylation sites (N-methyl/N-ethyl adjacent to an activating group) is 1. The lowest BCUT2D eigenvalue weighted by molar-refractivity contribution is 0.0702. The zero-order valence-corrected chi connectivity index (χ0v) is 12.4. The van der Waals surface area contributed by atoms with Gasteiger partial charge in [-0.05, 0) is 60.7 Å². The fourth-order valence-electron chi connectivity index (χ4n) is 2.29. The van der Waals surface area contributed by atoms with Crippen LogP contribution in [0.5, 0.6) is 0 Å². The molecule has 1 aromatic carbocycles. The molecule has 1 heterocycles. The number of hydrogen-bond donors (Lipinski definition) is 1. The van der Waals surface area contributed by atoms with E-state index in [2.05, 4.69) is 5.32 Å². The molecule has 0 spiro atoms. The van der Waals surface area contributed by atoms with Crippen LogP contribution in [0, 0.1) is 9.39 Å². The molecule has 1 saturated heterocycles. The standard InChI is InChI=1S/C13H16FIN2O/c1-2-17(10-5-6-16-8-10)13(18)11-4-3-9(14)7-12(11)15/h3-4,7,10,16H,2,5-6,8H2,1H3. The second kappa shape index (κ2) is 5.97. The summed E-state index contributed by atoms with van der Waals surface area (Å²) >= 11 is 2.01. The van der Waals surface area contributed by atoms with Crippen molar-refractivity contribution in [3.05, 3.63) is 33.1 Å². The maximum absolute atomic E-state index is 13.1. The Balaban J connectivity index is 2.22. The highest BCUT2D eigenvalue weighted by Crippen LogP contribution is 2.19. The number of benzene rings is 1. The Labute approximate surface area is 120 Å². The average Bonchev–Trinajstić information content (AvgIpc) is 2.83.